The standard InChI is InChI=1S/C13H26N2O4/c1-5-10(6-2)15(7-8-16)12(19)14-13(3,4)9-11(17)18/h10,16H,5-9H2,1-4H3,(H,14,19)(H,17,18). The van der Waals surface area contributed by atoms with Crippen molar-refractivity contribution < 1.29 is 19.8 Å². The Morgan fingerprint density at radius 1 is 1.26 bits per heavy atom. The lowest BCUT2D eigenvalue weighted by molar-refractivity contribution is -0.138. The maximum absolute atomic E-state index is 12.2. The number of rotatable bonds is 8. The molecule has 0 aliphatic rings. The quantitative estimate of drug-likeness (QED) is 0.624. The molecule has 2 amide bonds. The molecule has 0 rings (SSSR count). The summed E-state index contributed by atoms with van der Waals surface area (Å²) in [6, 6.07) is -0.276. The van der Waals surface area contributed by atoms with E-state index in [1.165, 1.54) is 0 Å². The second-order valence-electron chi connectivity index (χ2n) is 5.27. The maximum atomic E-state index is 12.2. The summed E-state index contributed by atoms with van der Waals surface area (Å²) >= 11 is 0. The second kappa shape index (κ2) is 7.99. The predicted octanol–water partition coefficient (Wildman–Crippen LogP) is 1.43. The third-order valence-electron chi connectivity index (χ3n) is 3.02. The molecule has 6 nitrogen and oxygen atoms in total. The van der Waals surface area contributed by atoms with E-state index in [-0.39, 0.29) is 31.6 Å². The van der Waals surface area contributed by atoms with Crippen LogP contribution in [0.5, 0.6) is 0 Å². The van der Waals surface area contributed by atoms with Crippen molar-refractivity contribution in [2.24, 2.45) is 0 Å². The zero-order valence-electron chi connectivity index (χ0n) is 12.3. The van der Waals surface area contributed by atoms with Crippen LogP contribution in [0, 0.1) is 0 Å². The zero-order valence-corrected chi connectivity index (χ0v) is 12.3. The second-order valence-corrected chi connectivity index (χ2v) is 5.27. The third-order valence-corrected chi connectivity index (χ3v) is 3.02. The summed E-state index contributed by atoms with van der Waals surface area (Å²) in [5.74, 6) is -0.957. The van der Waals surface area contributed by atoms with E-state index in [2.05, 4.69) is 5.32 Å². The van der Waals surface area contributed by atoms with Crippen LogP contribution in [0.25, 0.3) is 0 Å². The predicted molar refractivity (Wildman–Crippen MR) is 73.0 cm³/mol. The molecule has 0 fully saturated rings. The number of amides is 2. The van der Waals surface area contributed by atoms with E-state index >= 15 is 0 Å². The van der Waals surface area contributed by atoms with Gasteiger partial charge >= 0.3 is 12.0 Å². The summed E-state index contributed by atoms with van der Waals surface area (Å²) in [5, 5.41) is 20.6. The van der Waals surface area contributed by atoms with Crippen molar-refractivity contribution in [1.29, 1.82) is 0 Å². The molecule has 0 saturated heterocycles. The topological polar surface area (TPSA) is 89.9 Å². The first-order valence-corrected chi connectivity index (χ1v) is 6.68. The van der Waals surface area contributed by atoms with Gasteiger partial charge in [-0.3, -0.25) is 4.79 Å². The number of carboxylic acids is 1. The van der Waals surface area contributed by atoms with Crippen molar-refractivity contribution in [3.8, 4) is 0 Å². The van der Waals surface area contributed by atoms with E-state index in [0.29, 0.717) is 0 Å². The highest BCUT2D eigenvalue weighted by atomic mass is 16.4. The smallest absolute Gasteiger partial charge is 0.318 e. The number of aliphatic hydroxyl groups excluding tert-OH is 1. The Morgan fingerprint density at radius 3 is 2.16 bits per heavy atom. The number of carbonyl (C=O) groups excluding carboxylic acids is 1. The summed E-state index contributed by atoms with van der Waals surface area (Å²) < 4.78 is 0. The lowest BCUT2D eigenvalue weighted by atomic mass is 10.0. The minimum absolute atomic E-state index is 0.0489. The minimum Gasteiger partial charge on any atom is -0.481 e. The van der Waals surface area contributed by atoms with Gasteiger partial charge < -0.3 is 20.4 Å². The number of nitrogens with one attached hydrogen (secondary N) is 1. The van der Waals surface area contributed by atoms with Gasteiger partial charge in [0.25, 0.3) is 0 Å². The monoisotopic (exact) mass is 274 g/mol. The summed E-state index contributed by atoms with van der Waals surface area (Å²) in [4.78, 5) is 24.5. The van der Waals surface area contributed by atoms with Crippen LogP contribution < -0.4 is 5.32 Å². The molecule has 0 atom stereocenters. The zero-order chi connectivity index (χ0) is 15.1. The molecule has 112 valence electrons. The molecule has 0 spiro atoms. The van der Waals surface area contributed by atoms with Crippen molar-refractivity contribution in [3.05, 3.63) is 0 Å². The van der Waals surface area contributed by atoms with Crippen LogP contribution in [-0.2, 0) is 4.79 Å². The Kier molecular flexibility index (Phi) is 7.44. The van der Waals surface area contributed by atoms with Crippen LogP contribution in [-0.4, -0.2) is 51.8 Å². The SMILES string of the molecule is CCC(CC)N(CCO)C(=O)NC(C)(C)CC(=O)O. The number of urea groups is 1. The van der Waals surface area contributed by atoms with Crippen molar-refractivity contribution in [2.45, 2.75) is 58.5 Å². The molecule has 0 bridgehead atoms. The molecule has 0 aliphatic carbocycles. The number of hydrogen-bond acceptors (Lipinski definition) is 3. The summed E-state index contributed by atoms with van der Waals surface area (Å²) in [6.07, 6.45) is 1.45. The molecule has 0 aromatic carbocycles. The van der Waals surface area contributed by atoms with Crippen molar-refractivity contribution in [2.75, 3.05) is 13.2 Å². The van der Waals surface area contributed by atoms with Crippen LogP contribution in [0.3, 0.4) is 0 Å². The van der Waals surface area contributed by atoms with Gasteiger partial charge in [0.1, 0.15) is 0 Å². The molecule has 0 aliphatic heterocycles. The van der Waals surface area contributed by atoms with Crippen molar-refractivity contribution in [3.63, 3.8) is 0 Å². The molecule has 3 N–H and O–H groups in total. The fourth-order valence-electron chi connectivity index (χ4n) is 2.07. The molecule has 0 aromatic heterocycles. The first-order valence-electron chi connectivity index (χ1n) is 6.68. The summed E-state index contributed by atoms with van der Waals surface area (Å²) in [6.45, 7) is 7.44. The lowest BCUT2D eigenvalue weighted by Crippen LogP contribution is -2.54. The molecule has 6 heteroatoms. The molecule has 0 radical (unpaired) electrons. The average Bonchev–Trinajstić information content (AvgIpc) is 2.26. The van der Waals surface area contributed by atoms with E-state index in [4.69, 9.17) is 10.2 Å². The first kappa shape index (κ1) is 17.7. The Hall–Kier alpha value is -1.30. The fraction of sp³-hybridized carbons (Fsp3) is 0.846. The molecule has 0 unspecified atom stereocenters. The Balaban J connectivity index is 4.76. The highest BCUT2D eigenvalue weighted by molar-refractivity contribution is 5.77. The van der Waals surface area contributed by atoms with E-state index in [9.17, 15) is 9.59 Å². The number of aliphatic hydroxyl groups is 1. The Labute approximate surface area is 114 Å². The largest absolute Gasteiger partial charge is 0.481 e. The highest BCUT2D eigenvalue weighted by Gasteiger charge is 2.28. The molecule has 0 aromatic rings. The summed E-state index contributed by atoms with van der Waals surface area (Å²) in [5.41, 5.74) is -0.817. The fourth-order valence-corrected chi connectivity index (χ4v) is 2.07. The van der Waals surface area contributed by atoms with Gasteiger partial charge in [0.15, 0.2) is 0 Å². The van der Waals surface area contributed by atoms with E-state index in [1.807, 2.05) is 13.8 Å². The molecule has 0 saturated carbocycles. The average molecular weight is 274 g/mol. The third kappa shape index (κ3) is 6.42. The van der Waals surface area contributed by atoms with Gasteiger partial charge in [-0.1, -0.05) is 13.8 Å². The van der Waals surface area contributed by atoms with Crippen LogP contribution in [0.1, 0.15) is 47.0 Å². The van der Waals surface area contributed by atoms with Gasteiger partial charge in [-0.15, -0.1) is 0 Å². The molecular weight excluding hydrogens is 248 g/mol. The van der Waals surface area contributed by atoms with E-state index < -0.39 is 11.5 Å². The Morgan fingerprint density at radius 2 is 1.79 bits per heavy atom. The van der Waals surface area contributed by atoms with E-state index in [0.717, 1.165) is 12.8 Å². The molecule has 0 heterocycles. The van der Waals surface area contributed by atoms with Gasteiger partial charge in [0.2, 0.25) is 0 Å². The van der Waals surface area contributed by atoms with Gasteiger partial charge in [-0.2, -0.15) is 0 Å². The van der Waals surface area contributed by atoms with Crippen LogP contribution in [0.4, 0.5) is 4.79 Å². The minimum atomic E-state index is -0.957. The normalized spacial score (nSPS) is 11.5. The lowest BCUT2D eigenvalue weighted by Gasteiger charge is -2.34. The van der Waals surface area contributed by atoms with Crippen molar-refractivity contribution in [1.82, 2.24) is 10.2 Å². The number of nitrogens with zero attached hydrogens (tertiary/aromatic N) is 1. The van der Waals surface area contributed by atoms with Gasteiger partial charge in [0.05, 0.1) is 13.0 Å². The van der Waals surface area contributed by atoms with Crippen LogP contribution in [0.15, 0.2) is 0 Å². The number of carboxylic acid groups (broad SMARTS) is 1. The number of hydrogen-bond donors (Lipinski definition) is 3. The summed E-state index contributed by atoms with van der Waals surface area (Å²) in [7, 11) is 0. The van der Waals surface area contributed by atoms with Gasteiger partial charge in [-0.05, 0) is 26.7 Å². The highest BCUT2D eigenvalue weighted by Crippen LogP contribution is 2.13. The number of carbonyl (C=O) groups is 2. The van der Waals surface area contributed by atoms with Crippen LogP contribution >= 0.6 is 0 Å². The molecular formula is C13H26N2O4. The Bertz CT molecular complexity index is 301. The van der Waals surface area contributed by atoms with Crippen LogP contribution in [0.2, 0.25) is 0 Å². The number of aliphatic carboxylic acids is 1. The van der Waals surface area contributed by atoms with E-state index in [1.54, 1.807) is 18.7 Å². The first-order chi connectivity index (χ1) is 8.77. The molecule has 19 heavy (non-hydrogen) atoms. The van der Waals surface area contributed by atoms with Crippen molar-refractivity contribution >= 4 is 12.0 Å². The van der Waals surface area contributed by atoms with Gasteiger partial charge in [-0.25, -0.2) is 4.79 Å². The maximum Gasteiger partial charge on any atom is 0.318 e. The van der Waals surface area contributed by atoms with Gasteiger partial charge in [0, 0.05) is 18.1 Å².